The van der Waals surface area contributed by atoms with Gasteiger partial charge in [0, 0.05) is 0 Å². The van der Waals surface area contributed by atoms with E-state index in [4.69, 9.17) is 14.5 Å². The van der Waals surface area contributed by atoms with Crippen molar-refractivity contribution < 1.29 is 12.7 Å². The van der Waals surface area contributed by atoms with E-state index >= 15 is 0 Å². The van der Waals surface area contributed by atoms with Gasteiger partial charge in [-0.15, -0.1) is 0 Å². The van der Waals surface area contributed by atoms with E-state index in [0.29, 0.717) is 0 Å². The predicted octanol–water partition coefficient (Wildman–Crippen LogP) is -0.433. The van der Waals surface area contributed by atoms with Crippen molar-refractivity contribution >= 4 is 30.7 Å². The number of hydrogen-bond acceptors (Lipinski definition) is 4. The van der Waals surface area contributed by atoms with E-state index in [0.717, 1.165) is 0 Å². The van der Waals surface area contributed by atoms with Crippen LogP contribution in [0.25, 0.3) is 0 Å². The summed E-state index contributed by atoms with van der Waals surface area (Å²) in [5, 5.41) is 0. The fourth-order valence-electron chi connectivity index (χ4n) is 0.678. The first kappa shape index (κ1) is 12.7. The second kappa shape index (κ2) is 4.80. The summed E-state index contributed by atoms with van der Waals surface area (Å²) in [5.41, 5.74) is 10.3. The van der Waals surface area contributed by atoms with E-state index in [1.165, 1.54) is 0 Å². The first-order chi connectivity index (χ1) is 5.72. The number of hydrogen-bond donors (Lipinski definition) is 2. The Bertz CT molecular complexity index is 212. The second-order valence-electron chi connectivity index (χ2n) is 3.81. The van der Waals surface area contributed by atoms with Gasteiger partial charge in [0.25, 0.3) is 0 Å². The summed E-state index contributed by atoms with van der Waals surface area (Å²) >= 11 is -2.59. The van der Waals surface area contributed by atoms with Crippen molar-refractivity contribution in [1.82, 2.24) is 0 Å². The molecule has 0 radical (unpaired) electrons. The van der Waals surface area contributed by atoms with Gasteiger partial charge in [-0.1, -0.05) is 0 Å². The summed E-state index contributed by atoms with van der Waals surface area (Å²) in [6.07, 6.45) is -0.152. The molecule has 0 bridgehead atoms. The molecule has 0 heterocycles. The Morgan fingerprint density at radius 3 is 2.15 bits per heavy atom. The molecule has 0 spiro atoms. The first-order valence-corrected chi connectivity index (χ1v) is 13.7. The number of carbonyl (C=O) groups is 2. The van der Waals surface area contributed by atoms with Gasteiger partial charge in [-0.2, -0.15) is 0 Å². The molecule has 0 aromatic rings. The summed E-state index contributed by atoms with van der Waals surface area (Å²) in [6.45, 7) is 0. The zero-order valence-corrected chi connectivity index (χ0v) is 11.0. The van der Waals surface area contributed by atoms with Crippen molar-refractivity contribution in [2.24, 2.45) is 11.5 Å². The SMILES string of the molecule is [CH3][Sn]([CH3])([CH3])[O]C(=O)[C@@H](N)CC(N)=O. The van der Waals surface area contributed by atoms with Gasteiger partial charge in [0.2, 0.25) is 0 Å². The van der Waals surface area contributed by atoms with Gasteiger partial charge in [-0.05, 0) is 0 Å². The van der Waals surface area contributed by atoms with Crippen molar-refractivity contribution in [3.63, 3.8) is 0 Å². The molecule has 0 aromatic carbocycles. The average Bonchev–Trinajstić information content (AvgIpc) is 1.81. The molecule has 1 amide bonds. The fraction of sp³-hybridized carbons (Fsp3) is 0.714. The van der Waals surface area contributed by atoms with Gasteiger partial charge >= 0.3 is 82.1 Å². The van der Waals surface area contributed by atoms with Crippen molar-refractivity contribution in [3.8, 4) is 0 Å². The molecule has 0 rings (SSSR count). The number of rotatable bonds is 4. The van der Waals surface area contributed by atoms with Crippen molar-refractivity contribution in [2.45, 2.75) is 27.3 Å². The average molecular weight is 295 g/mol. The topological polar surface area (TPSA) is 95.4 Å². The van der Waals surface area contributed by atoms with Crippen LogP contribution in [0.2, 0.25) is 14.8 Å². The molecule has 0 saturated heterocycles. The van der Waals surface area contributed by atoms with Crippen LogP contribution >= 0.6 is 0 Å². The van der Waals surface area contributed by atoms with Gasteiger partial charge in [0.05, 0.1) is 0 Å². The summed E-state index contributed by atoms with van der Waals surface area (Å²) in [6, 6.07) is -0.909. The Morgan fingerprint density at radius 1 is 1.38 bits per heavy atom. The zero-order valence-electron chi connectivity index (χ0n) is 8.16. The van der Waals surface area contributed by atoms with Gasteiger partial charge in [-0.3, -0.25) is 0 Å². The van der Waals surface area contributed by atoms with E-state index in [1.807, 2.05) is 14.8 Å². The molecule has 0 aromatic heterocycles. The van der Waals surface area contributed by atoms with Gasteiger partial charge in [0.1, 0.15) is 0 Å². The number of primary amides is 1. The van der Waals surface area contributed by atoms with Crippen LogP contribution in [0.5, 0.6) is 0 Å². The Balaban J connectivity index is 4.05. The molecule has 0 aliphatic heterocycles. The zero-order chi connectivity index (χ0) is 10.6. The Morgan fingerprint density at radius 2 is 1.85 bits per heavy atom. The van der Waals surface area contributed by atoms with Gasteiger partial charge in [0.15, 0.2) is 0 Å². The van der Waals surface area contributed by atoms with E-state index in [2.05, 4.69) is 0 Å². The molecule has 4 N–H and O–H groups in total. The molecular formula is C7H16N2O3Sn. The summed E-state index contributed by atoms with van der Waals surface area (Å²) in [5.74, 6) is -1.10. The Labute approximate surface area is 82.2 Å². The Hall–Kier alpha value is -0.301. The molecule has 5 nitrogen and oxygen atoms in total. The molecule has 13 heavy (non-hydrogen) atoms. The third-order valence-electron chi connectivity index (χ3n) is 1.13. The van der Waals surface area contributed by atoms with E-state index in [9.17, 15) is 9.59 Å². The third kappa shape index (κ3) is 6.82. The van der Waals surface area contributed by atoms with Crippen molar-refractivity contribution in [2.75, 3.05) is 0 Å². The molecule has 6 heteroatoms. The van der Waals surface area contributed by atoms with Crippen molar-refractivity contribution in [3.05, 3.63) is 0 Å². The normalized spacial score (nSPS) is 13.5. The first-order valence-electron chi connectivity index (χ1n) is 3.99. The number of carbonyl (C=O) groups excluding carboxylic acids is 2. The van der Waals surface area contributed by atoms with Crippen LogP contribution in [0.3, 0.4) is 0 Å². The van der Waals surface area contributed by atoms with Gasteiger partial charge < -0.3 is 0 Å². The Kier molecular flexibility index (Phi) is 4.69. The maximum atomic E-state index is 11.2. The molecule has 0 saturated carbocycles. The minimum absolute atomic E-state index is 0.152. The third-order valence-corrected chi connectivity index (χ3v) is 3.45. The standard InChI is InChI=1S/C4H8N2O3.3CH3.Sn/c5-2(4(8)9)1-3(6)7;;;;/h2H,1,5H2,(H2,6,7)(H,8,9);3*1H3;/q;;;;+1/p-1/t2-;;;;/m0..../s1. The summed E-state index contributed by atoms with van der Waals surface area (Å²) in [4.78, 5) is 27.4. The van der Waals surface area contributed by atoms with Crippen LogP contribution in [-0.2, 0) is 12.7 Å². The molecule has 1 atom stereocenters. The number of nitrogens with two attached hydrogens (primary N) is 2. The van der Waals surface area contributed by atoms with Crippen LogP contribution < -0.4 is 11.5 Å². The molecular weight excluding hydrogens is 279 g/mol. The molecule has 0 aliphatic carbocycles. The fourth-order valence-corrected chi connectivity index (χ4v) is 2.83. The van der Waals surface area contributed by atoms with Crippen LogP contribution in [-0.4, -0.2) is 36.7 Å². The van der Waals surface area contributed by atoms with E-state index in [1.54, 1.807) is 0 Å². The van der Waals surface area contributed by atoms with Gasteiger partial charge in [-0.25, -0.2) is 0 Å². The predicted molar refractivity (Wildman–Crippen MR) is 51.2 cm³/mol. The summed E-state index contributed by atoms with van der Waals surface area (Å²) in [7, 11) is 0. The number of amides is 1. The van der Waals surface area contributed by atoms with Crippen LogP contribution in [0.1, 0.15) is 6.42 Å². The monoisotopic (exact) mass is 296 g/mol. The molecule has 0 unspecified atom stereocenters. The molecule has 76 valence electrons. The van der Waals surface area contributed by atoms with Crippen LogP contribution in [0.15, 0.2) is 0 Å². The van der Waals surface area contributed by atoms with Crippen molar-refractivity contribution in [1.29, 1.82) is 0 Å². The maximum absolute atomic E-state index is 11.2. The van der Waals surface area contributed by atoms with Crippen LogP contribution in [0, 0.1) is 0 Å². The quantitative estimate of drug-likeness (QED) is 0.688. The summed E-state index contributed by atoms with van der Waals surface area (Å²) < 4.78 is 5.14. The molecule has 0 aliphatic rings. The second-order valence-corrected chi connectivity index (χ2v) is 16.5. The minimum atomic E-state index is -2.59. The van der Waals surface area contributed by atoms with Crippen LogP contribution in [0.4, 0.5) is 0 Å². The van der Waals surface area contributed by atoms with E-state index in [-0.39, 0.29) is 6.42 Å². The molecule has 0 fully saturated rings. The van der Waals surface area contributed by atoms with E-state index < -0.39 is 36.7 Å².